The smallest absolute Gasteiger partial charge is 0.188 e. The number of rotatable bonds is 3. The standard InChI is InChI=1S/C10H14N6/c1-15(2)8-3-5-9(6-4-8)16-13-10(7-11)12-14-16/h3-6H,7,11H2,1-2H3. The molecular weight excluding hydrogens is 204 g/mol. The number of hydrogen-bond donors (Lipinski definition) is 1. The predicted molar refractivity (Wildman–Crippen MR) is 61.4 cm³/mol. The van der Waals surface area contributed by atoms with Gasteiger partial charge in [-0.3, -0.25) is 0 Å². The summed E-state index contributed by atoms with van der Waals surface area (Å²) in [5.74, 6) is 0.539. The Morgan fingerprint density at radius 1 is 1.25 bits per heavy atom. The third-order valence-electron chi connectivity index (χ3n) is 2.23. The lowest BCUT2D eigenvalue weighted by Crippen LogP contribution is -2.08. The maximum absolute atomic E-state index is 5.42. The Labute approximate surface area is 93.7 Å². The molecule has 2 aromatic rings. The van der Waals surface area contributed by atoms with Crippen molar-refractivity contribution < 1.29 is 0 Å². The summed E-state index contributed by atoms with van der Waals surface area (Å²) in [7, 11) is 3.99. The third-order valence-corrected chi connectivity index (χ3v) is 2.23. The van der Waals surface area contributed by atoms with Crippen molar-refractivity contribution >= 4 is 5.69 Å². The molecule has 16 heavy (non-hydrogen) atoms. The molecule has 2 rings (SSSR count). The molecule has 0 bridgehead atoms. The number of hydrogen-bond acceptors (Lipinski definition) is 5. The van der Waals surface area contributed by atoms with E-state index >= 15 is 0 Å². The second kappa shape index (κ2) is 4.28. The quantitative estimate of drug-likeness (QED) is 0.796. The van der Waals surface area contributed by atoms with Gasteiger partial charge in [-0.1, -0.05) is 0 Å². The second-order valence-corrected chi connectivity index (χ2v) is 3.61. The number of nitrogens with two attached hydrogens (primary N) is 1. The van der Waals surface area contributed by atoms with Gasteiger partial charge in [-0.15, -0.1) is 15.0 Å². The van der Waals surface area contributed by atoms with Crippen LogP contribution < -0.4 is 10.6 Å². The van der Waals surface area contributed by atoms with Crippen LogP contribution in [-0.2, 0) is 6.54 Å². The fraction of sp³-hybridized carbons (Fsp3) is 0.300. The summed E-state index contributed by atoms with van der Waals surface area (Å²) >= 11 is 0. The Morgan fingerprint density at radius 2 is 1.94 bits per heavy atom. The monoisotopic (exact) mass is 218 g/mol. The van der Waals surface area contributed by atoms with Gasteiger partial charge in [-0.25, -0.2) is 0 Å². The van der Waals surface area contributed by atoms with Gasteiger partial charge in [0.1, 0.15) is 0 Å². The second-order valence-electron chi connectivity index (χ2n) is 3.61. The number of benzene rings is 1. The average molecular weight is 218 g/mol. The molecule has 0 spiro atoms. The fourth-order valence-corrected chi connectivity index (χ4v) is 1.32. The molecule has 1 aromatic heterocycles. The molecule has 0 aliphatic heterocycles. The lowest BCUT2D eigenvalue weighted by molar-refractivity contribution is 0.717. The lowest BCUT2D eigenvalue weighted by Gasteiger charge is -2.11. The first-order valence-electron chi connectivity index (χ1n) is 4.97. The molecule has 0 atom stereocenters. The zero-order chi connectivity index (χ0) is 11.5. The molecule has 0 unspecified atom stereocenters. The van der Waals surface area contributed by atoms with Crippen molar-refractivity contribution in [2.45, 2.75) is 6.54 Å². The van der Waals surface area contributed by atoms with E-state index in [-0.39, 0.29) is 0 Å². The van der Waals surface area contributed by atoms with Crippen molar-refractivity contribution in [3.8, 4) is 5.69 Å². The van der Waals surface area contributed by atoms with Crippen molar-refractivity contribution in [1.82, 2.24) is 20.2 Å². The van der Waals surface area contributed by atoms with E-state index in [0.717, 1.165) is 11.4 Å². The summed E-state index contributed by atoms with van der Waals surface area (Å²) < 4.78 is 0. The highest BCUT2D eigenvalue weighted by Crippen LogP contribution is 2.13. The Balaban J connectivity index is 2.27. The summed E-state index contributed by atoms with van der Waals surface area (Å²) in [6, 6.07) is 7.89. The predicted octanol–water partition coefficient (Wildman–Crippen LogP) is 0.187. The third kappa shape index (κ3) is 2.01. The molecule has 84 valence electrons. The molecular formula is C10H14N6. The first-order chi connectivity index (χ1) is 7.70. The molecule has 0 aliphatic carbocycles. The highest BCUT2D eigenvalue weighted by Gasteiger charge is 2.03. The SMILES string of the molecule is CN(C)c1ccc(-n2nnc(CN)n2)cc1. The number of aromatic nitrogens is 4. The van der Waals surface area contributed by atoms with E-state index in [4.69, 9.17) is 5.73 Å². The summed E-state index contributed by atoms with van der Waals surface area (Å²) in [5.41, 5.74) is 7.42. The van der Waals surface area contributed by atoms with Gasteiger partial charge >= 0.3 is 0 Å². The minimum Gasteiger partial charge on any atom is -0.378 e. The fourth-order valence-electron chi connectivity index (χ4n) is 1.32. The van der Waals surface area contributed by atoms with Crippen LogP contribution in [0.2, 0.25) is 0 Å². The van der Waals surface area contributed by atoms with Crippen molar-refractivity contribution in [3.63, 3.8) is 0 Å². The van der Waals surface area contributed by atoms with Crippen LogP contribution in [0.1, 0.15) is 5.82 Å². The zero-order valence-electron chi connectivity index (χ0n) is 9.33. The van der Waals surface area contributed by atoms with E-state index in [1.165, 1.54) is 4.80 Å². The van der Waals surface area contributed by atoms with Gasteiger partial charge < -0.3 is 10.6 Å². The van der Waals surface area contributed by atoms with Crippen molar-refractivity contribution in [1.29, 1.82) is 0 Å². The van der Waals surface area contributed by atoms with Crippen LogP contribution >= 0.6 is 0 Å². The summed E-state index contributed by atoms with van der Waals surface area (Å²) in [6.45, 7) is 0.301. The largest absolute Gasteiger partial charge is 0.378 e. The van der Waals surface area contributed by atoms with E-state index in [2.05, 4.69) is 15.4 Å². The minimum atomic E-state index is 0.301. The van der Waals surface area contributed by atoms with Gasteiger partial charge in [0, 0.05) is 19.8 Å². The highest BCUT2D eigenvalue weighted by molar-refractivity contribution is 5.49. The number of anilines is 1. The summed E-state index contributed by atoms with van der Waals surface area (Å²) in [4.78, 5) is 3.51. The van der Waals surface area contributed by atoms with E-state index in [1.54, 1.807) is 0 Å². The van der Waals surface area contributed by atoms with Crippen molar-refractivity contribution in [3.05, 3.63) is 30.1 Å². The van der Waals surface area contributed by atoms with Gasteiger partial charge in [0.05, 0.1) is 12.2 Å². The van der Waals surface area contributed by atoms with Crippen LogP contribution in [0.15, 0.2) is 24.3 Å². The van der Waals surface area contributed by atoms with Gasteiger partial charge in [0.25, 0.3) is 0 Å². The van der Waals surface area contributed by atoms with Gasteiger partial charge in [0.15, 0.2) is 5.82 Å². The Kier molecular flexibility index (Phi) is 2.82. The Hall–Kier alpha value is -1.95. The Bertz CT molecular complexity index is 458. The molecule has 2 N–H and O–H groups in total. The van der Waals surface area contributed by atoms with Crippen molar-refractivity contribution in [2.75, 3.05) is 19.0 Å². The summed E-state index contributed by atoms with van der Waals surface area (Å²) in [5, 5.41) is 11.9. The number of tetrazole rings is 1. The molecule has 1 heterocycles. The average Bonchev–Trinajstić information content (AvgIpc) is 2.77. The molecule has 0 saturated heterocycles. The van der Waals surface area contributed by atoms with Crippen LogP contribution in [0.4, 0.5) is 5.69 Å². The molecule has 0 fully saturated rings. The molecule has 0 amide bonds. The van der Waals surface area contributed by atoms with Gasteiger partial charge in [-0.05, 0) is 29.5 Å². The minimum absolute atomic E-state index is 0.301. The van der Waals surface area contributed by atoms with Gasteiger partial charge in [0.2, 0.25) is 0 Å². The maximum Gasteiger partial charge on any atom is 0.188 e. The highest BCUT2D eigenvalue weighted by atomic mass is 15.6. The maximum atomic E-state index is 5.42. The molecule has 0 aliphatic rings. The summed E-state index contributed by atoms with van der Waals surface area (Å²) in [6.07, 6.45) is 0. The topological polar surface area (TPSA) is 72.9 Å². The first-order valence-corrected chi connectivity index (χ1v) is 4.97. The Morgan fingerprint density at radius 3 is 2.44 bits per heavy atom. The van der Waals surface area contributed by atoms with Crippen molar-refractivity contribution in [2.24, 2.45) is 5.73 Å². The van der Waals surface area contributed by atoms with Crippen LogP contribution in [0.3, 0.4) is 0 Å². The van der Waals surface area contributed by atoms with E-state index in [0.29, 0.717) is 12.4 Å². The molecule has 6 heteroatoms. The zero-order valence-corrected chi connectivity index (χ0v) is 9.33. The normalized spacial score (nSPS) is 10.4. The first kappa shape index (κ1) is 10.6. The van der Waals surface area contributed by atoms with Crippen LogP contribution in [0.25, 0.3) is 5.69 Å². The van der Waals surface area contributed by atoms with Crippen LogP contribution in [-0.4, -0.2) is 34.3 Å². The molecule has 1 aromatic carbocycles. The van der Waals surface area contributed by atoms with Crippen LogP contribution in [0.5, 0.6) is 0 Å². The van der Waals surface area contributed by atoms with Gasteiger partial charge in [-0.2, -0.15) is 0 Å². The van der Waals surface area contributed by atoms with E-state index in [9.17, 15) is 0 Å². The molecule has 0 saturated carbocycles. The van der Waals surface area contributed by atoms with E-state index < -0.39 is 0 Å². The molecule has 0 radical (unpaired) electrons. The molecule has 6 nitrogen and oxygen atoms in total. The number of nitrogens with zero attached hydrogens (tertiary/aromatic N) is 5. The van der Waals surface area contributed by atoms with E-state index in [1.807, 2.05) is 43.3 Å². The lowest BCUT2D eigenvalue weighted by atomic mass is 10.3. The van der Waals surface area contributed by atoms with Crippen LogP contribution in [0, 0.1) is 0 Å².